The lowest BCUT2D eigenvalue weighted by molar-refractivity contribution is -0.143. The molecule has 2 aliphatic rings. The molecule has 0 atom stereocenters. The van der Waals surface area contributed by atoms with E-state index in [2.05, 4.69) is 0 Å². The average Bonchev–Trinajstić information content (AvgIpc) is 3.34. The van der Waals surface area contributed by atoms with Gasteiger partial charge < -0.3 is 9.80 Å². The van der Waals surface area contributed by atoms with Crippen LogP contribution >= 0.6 is 0 Å². The summed E-state index contributed by atoms with van der Waals surface area (Å²) in [7, 11) is 0. The molecule has 2 aromatic carbocycles. The minimum atomic E-state index is -4.98. The second-order valence-electron chi connectivity index (χ2n) is 7.79. The largest absolute Gasteiger partial charge is 0.416 e. The Bertz CT molecular complexity index is 1040. The molecule has 0 saturated carbocycles. The SMILES string of the molecule is O=C1CCCN1c1ccc(-c2cc(C(F)(F)F)cc(C(F)(F)F)c2)c(N2CCCC2=O)c1. The van der Waals surface area contributed by atoms with E-state index >= 15 is 0 Å². The third-order valence-corrected chi connectivity index (χ3v) is 5.63. The number of anilines is 2. The summed E-state index contributed by atoms with van der Waals surface area (Å²) < 4.78 is 80.1. The fraction of sp³-hybridized carbons (Fsp3) is 0.364. The molecular formula is C22H18F6N2O2. The first-order chi connectivity index (χ1) is 14.9. The summed E-state index contributed by atoms with van der Waals surface area (Å²) in [5.41, 5.74) is -2.46. The van der Waals surface area contributed by atoms with Crippen molar-refractivity contribution in [3.63, 3.8) is 0 Å². The maximum atomic E-state index is 13.4. The first-order valence-corrected chi connectivity index (χ1v) is 10.00. The Kier molecular flexibility index (Phi) is 5.42. The Morgan fingerprint density at radius 1 is 0.688 bits per heavy atom. The zero-order chi connectivity index (χ0) is 23.3. The second kappa shape index (κ2) is 7.83. The van der Waals surface area contributed by atoms with Crippen LogP contribution in [0.2, 0.25) is 0 Å². The summed E-state index contributed by atoms with van der Waals surface area (Å²) in [5.74, 6) is -0.408. The number of alkyl halides is 6. The number of hydrogen-bond acceptors (Lipinski definition) is 2. The molecule has 0 radical (unpaired) electrons. The van der Waals surface area contributed by atoms with Crippen molar-refractivity contribution in [1.29, 1.82) is 0 Å². The predicted octanol–water partition coefficient (Wildman–Crippen LogP) is 5.64. The molecule has 2 heterocycles. The van der Waals surface area contributed by atoms with E-state index in [4.69, 9.17) is 0 Å². The highest BCUT2D eigenvalue weighted by atomic mass is 19.4. The van der Waals surface area contributed by atoms with Gasteiger partial charge in [-0.05, 0) is 48.7 Å². The third kappa shape index (κ3) is 4.18. The number of hydrogen-bond donors (Lipinski definition) is 0. The Labute approximate surface area is 179 Å². The van der Waals surface area contributed by atoms with Crippen molar-refractivity contribution in [1.82, 2.24) is 0 Å². The van der Waals surface area contributed by atoms with Gasteiger partial charge in [0.2, 0.25) is 11.8 Å². The van der Waals surface area contributed by atoms with Gasteiger partial charge in [0, 0.05) is 37.2 Å². The topological polar surface area (TPSA) is 40.6 Å². The highest BCUT2D eigenvalue weighted by molar-refractivity contribution is 6.02. The number of benzene rings is 2. The van der Waals surface area contributed by atoms with Crippen LogP contribution < -0.4 is 9.80 Å². The number of carbonyl (C=O) groups is 2. The molecule has 2 saturated heterocycles. The van der Waals surface area contributed by atoms with Gasteiger partial charge in [-0.25, -0.2) is 0 Å². The van der Waals surface area contributed by atoms with Crippen LogP contribution in [-0.4, -0.2) is 24.9 Å². The summed E-state index contributed by atoms with van der Waals surface area (Å²) in [6.45, 7) is 0.738. The van der Waals surface area contributed by atoms with Crippen molar-refractivity contribution in [2.75, 3.05) is 22.9 Å². The van der Waals surface area contributed by atoms with Gasteiger partial charge in [0.05, 0.1) is 16.8 Å². The molecule has 0 aromatic heterocycles. The number of amides is 2. The van der Waals surface area contributed by atoms with Crippen molar-refractivity contribution in [2.24, 2.45) is 0 Å². The molecule has 32 heavy (non-hydrogen) atoms. The average molecular weight is 456 g/mol. The van der Waals surface area contributed by atoms with Crippen LogP contribution in [0.3, 0.4) is 0 Å². The van der Waals surface area contributed by atoms with Crippen molar-refractivity contribution < 1.29 is 35.9 Å². The Morgan fingerprint density at radius 3 is 1.69 bits per heavy atom. The van der Waals surface area contributed by atoms with Gasteiger partial charge in [0.25, 0.3) is 0 Å². The lowest BCUT2D eigenvalue weighted by Gasteiger charge is -2.24. The number of nitrogens with zero attached hydrogens (tertiary/aromatic N) is 2. The highest BCUT2D eigenvalue weighted by Crippen LogP contribution is 2.42. The molecule has 4 nitrogen and oxygen atoms in total. The van der Waals surface area contributed by atoms with Crippen LogP contribution in [0.5, 0.6) is 0 Å². The molecule has 0 N–H and O–H groups in total. The van der Waals surface area contributed by atoms with E-state index in [1.807, 2.05) is 0 Å². The van der Waals surface area contributed by atoms with Crippen molar-refractivity contribution in [2.45, 2.75) is 38.0 Å². The van der Waals surface area contributed by atoms with Crippen molar-refractivity contribution in [3.8, 4) is 11.1 Å². The number of carbonyl (C=O) groups excluding carboxylic acids is 2. The Hall–Kier alpha value is -3.04. The van der Waals surface area contributed by atoms with Gasteiger partial charge in [-0.2, -0.15) is 26.3 Å². The third-order valence-electron chi connectivity index (χ3n) is 5.63. The van der Waals surface area contributed by atoms with Gasteiger partial charge in [-0.15, -0.1) is 0 Å². The molecule has 0 spiro atoms. The van der Waals surface area contributed by atoms with E-state index in [9.17, 15) is 35.9 Å². The first kappa shape index (κ1) is 22.2. The standard InChI is InChI=1S/C22H18F6N2O2/c23-21(24,25)14-9-13(10-15(11-14)22(26,27)28)17-6-5-16(29-7-1-3-19(29)31)12-18(17)30-8-2-4-20(30)32/h5-6,9-12H,1-4,7-8H2. The smallest absolute Gasteiger partial charge is 0.312 e. The summed E-state index contributed by atoms with van der Waals surface area (Å²) in [6, 6.07) is 5.72. The maximum Gasteiger partial charge on any atom is 0.416 e. The summed E-state index contributed by atoms with van der Waals surface area (Å²) in [5, 5.41) is 0. The minimum Gasteiger partial charge on any atom is -0.312 e. The van der Waals surface area contributed by atoms with E-state index < -0.39 is 23.5 Å². The van der Waals surface area contributed by atoms with E-state index in [1.165, 1.54) is 28.0 Å². The minimum absolute atomic E-state index is 0.0623. The first-order valence-electron chi connectivity index (χ1n) is 10.00. The summed E-state index contributed by atoms with van der Waals surface area (Å²) in [4.78, 5) is 27.4. The number of halogens is 6. The van der Waals surface area contributed by atoms with E-state index in [0.29, 0.717) is 43.6 Å². The highest BCUT2D eigenvalue weighted by Gasteiger charge is 2.37. The fourth-order valence-corrected chi connectivity index (χ4v) is 4.09. The molecule has 170 valence electrons. The molecule has 10 heteroatoms. The molecule has 0 unspecified atom stereocenters. The lowest BCUT2D eigenvalue weighted by atomic mass is 9.96. The van der Waals surface area contributed by atoms with Gasteiger partial charge in [0.1, 0.15) is 0 Å². The molecule has 0 bridgehead atoms. The predicted molar refractivity (Wildman–Crippen MR) is 105 cm³/mol. The molecule has 2 amide bonds. The molecule has 0 aliphatic carbocycles. The molecular weight excluding hydrogens is 438 g/mol. The van der Waals surface area contributed by atoms with Crippen molar-refractivity contribution in [3.05, 3.63) is 47.5 Å². The van der Waals surface area contributed by atoms with Crippen LogP contribution in [0.25, 0.3) is 11.1 Å². The quantitative estimate of drug-likeness (QED) is 0.561. The van der Waals surface area contributed by atoms with E-state index in [1.54, 1.807) is 0 Å². The lowest BCUT2D eigenvalue weighted by Crippen LogP contribution is -2.27. The van der Waals surface area contributed by atoms with E-state index in [-0.39, 0.29) is 47.7 Å². The summed E-state index contributed by atoms with van der Waals surface area (Å²) >= 11 is 0. The molecule has 4 rings (SSSR count). The molecule has 2 aliphatic heterocycles. The Balaban J connectivity index is 1.91. The zero-order valence-electron chi connectivity index (χ0n) is 16.7. The van der Waals surface area contributed by atoms with Crippen LogP contribution in [0.15, 0.2) is 36.4 Å². The summed E-state index contributed by atoms with van der Waals surface area (Å²) in [6.07, 6.45) is -8.24. The van der Waals surface area contributed by atoms with Crippen LogP contribution in [0.1, 0.15) is 36.8 Å². The van der Waals surface area contributed by atoms with Gasteiger partial charge in [-0.3, -0.25) is 9.59 Å². The zero-order valence-corrected chi connectivity index (χ0v) is 16.7. The van der Waals surface area contributed by atoms with Gasteiger partial charge >= 0.3 is 12.4 Å². The van der Waals surface area contributed by atoms with E-state index in [0.717, 1.165) is 0 Å². The van der Waals surface area contributed by atoms with Crippen LogP contribution in [0, 0.1) is 0 Å². The molecule has 2 fully saturated rings. The number of rotatable bonds is 3. The fourth-order valence-electron chi connectivity index (χ4n) is 4.09. The van der Waals surface area contributed by atoms with Gasteiger partial charge in [-0.1, -0.05) is 6.07 Å². The van der Waals surface area contributed by atoms with Crippen molar-refractivity contribution >= 4 is 23.2 Å². The van der Waals surface area contributed by atoms with Gasteiger partial charge in [0.15, 0.2) is 0 Å². The second-order valence-corrected chi connectivity index (χ2v) is 7.79. The monoisotopic (exact) mass is 456 g/mol. The maximum absolute atomic E-state index is 13.4. The molecule has 2 aromatic rings. The Morgan fingerprint density at radius 2 is 1.22 bits per heavy atom. The van der Waals surface area contributed by atoms with Crippen LogP contribution in [-0.2, 0) is 21.9 Å². The van der Waals surface area contributed by atoms with Crippen LogP contribution in [0.4, 0.5) is 37.7 Å². The normalized spacial score (nSPS) is 17.6.